The lowest BCUT2D eigenvalue weighted by Crippen LogP contribution is -2.37. The number of ether oxygens (including phenoxy) is 1. The third-order valence-corrected chi connectivity index (χ3v) is 4.89. The van der Waals surface area contributed by atoms with Gasteiger partial charge < -0.3 is 10.1 Å². The Hall–Kier alpha value is -2.00. The van der Waals surface area contributed by atoms with Gasteiger partial charge in [-0.1, -0.05) is 36.7 Å². The van der Waals surface area contributed by atoms with Gasteiger partial charge in [0, 0.05) is 11.6 Å². The Balaban J connectivity index is 1.59. The smallest absolute Gasteiger partial charge is 0.261 e. The topological polar surface area (TPSA) is 38.3 Å². The minimum Gasteiger partial charge on any atom is -0.481 e. The van der Waals surface area contributed by atoms with Gasteiger partial charge in [-0.15, -0.1) is 0 Å². The molecule has 25 heavy (non-hydrogen) atoms. The fourth-order valence-electron chi connectivity index (χ4n) is 3.17. The second kappa shape index (κ2) is 8.39. The zero-order chi connectivity index (χ0) is 17.6. The number of hydrogen-bond donors (Lipinski definition) is 1. The molecule has 0 fully saturated rings. The molecule has 132 valence electrons. The molecule has 0 saturated carbocycles. The number of carbonyl (C=O) groups excluding carboxylic acids is 1. The lowest BCUT2D eigenvalue weighted by atomic mass is 9.92. The van der Waals surface area contributed by atoms with Crippen molar-refractivity contribution in [2.75, 3.05) is 0 Å². The summed E-state index contributed by atoms with van der Waals surface area (Å²) in [6.07, 6.45) is 4.89. The molecule has 4 heteroatoms. The summed E-state index contributed by atoms with van der Waals surface area (Å²) in [5.41, 5.74) is 3.79. The van der Waals surface area contributed by atoms with E-state index in [9.17, 15) is 4.79 Å². The summed E-state index contributed by atoms with van der Waals surface area (Å²) < 4.78 is 5.97. The Morgan fingerprint density at radius 1 is 1.12 bits per heavy atom. The van der Waals surface area contributed by atoms with Crippen LogP contribution in [0.15, 0.2) is 42.5 Å². The summed E-state index contributed by atoms with van der Waals surface area (Å²) in [4.78, 5) is 12.4. The molecular formula is C21H24ClNO2. The second-order valence-corrected chi connectivity index (χ2v) is 6.93. The molecule has 3 rings (SSSR count). The zero-order valence-corrected chi connectivity index (χ0v) is 15.3. The molecule has 0 aliphatic heterocycles. The van der Waals surface area contributed by atoms with Gasteiger partial charge in [0.2, 0.25) is 0 Å². The Labute approximate surface area is 154 Å². The first-order valence-electron chi connectivity index (χ1n) is 8.96. The molecule has 0 radical (unpaired) electrons. The van der Waals surface area contributed by atoms with Gasteiger partial charge in [-0.25, -0.2) is 0 Å². The SMILES string of the molecule is CC[C@H](Oc1ccc2c(c1)CCCC2)C(=O)NCc1ccc(Cl)cc1. The van der Waals surface area contributed by atoms with Crippen LogP contribution in [-0.4, -0.2) is 12.0 Å². The lowest BCUT2D eigenvalue weighted by Gasteiger charge is -2.20. The van der Waals surface area contributed by atoms with Crippen molar-refractivity contribution in [2.24, 2.45) is 0 Å². The number of halogens is 1. The van der Waals surface area contributed by atoms with Crippen molar-refractivity contribution in [3.8, 4) is 5.75 Å². The minimum absolute atomic E-state index is 0.0878. The van der Waals surface area contributed by atoms with Crippen LogP contribution in [0.25, 0.3) is 0 Å². The fourth-order valence-corrected chi connectivity index (χ4v) is 3.30. The van der Waals surface area contributed by atoms with E-state index in [4.69, 9.17) is 16.3 Å². The van der Waals surface area contributed by atoms with Gasteiger partial charge in [0.15, 0.2) is 6.10 Å². The van der Waals surface area contributed by atoms with Crippen LogP contribution in [-0.2, 0) is 24.2 Å². The van der Waals surface area contributed by atoms with E-state index in [0.717, 1.165) is 24.2 Å². The van der Waals surface area contributed by atoms with Crippen molar-refractivity contribution < 1.29 is 9.53 Å². The monoisotopic (exact) mass is 357 g/mol. The summed E-state index contributed by atoms with van der Waals surface area (Å²) in [6.45, 7) is 2.44. The molecule has 0 aromatic heterocycles. The van der Waals surface area contributed by atoms with E-state index < -0.39 is 6.10 Å². The van der Waals surface area contributed by atoms with E-state index in [1.54, 1.807) is 0 Å². The van der Waals surface area contributed by atoms with Crippen molar-refractivity contribution in [3.63, 3.8) is 0 Å². The second-order valence-electron chi connectivity index (χ2n) is 6.50. The molecule has 1 N–H and O–H groups in total. The lowest BCUT2D eigenvalue weighted by molar-refractivity contribution is -0.128. The first-order valence-corrected chi connectivity index (χ1v) is 9.34. The molecule has 0 saturated heterocycles. The number of hydrogen-bond acceptors (Lipinski definition) is 2. The molecule has 0 heterocycles. The molecule has 1 aliphatic carbocycles. The summed E-state index contributed by atoms with van der Waals surface area (Å²) in [5, 5.41) is 3.64. The molecule has 1 aliphatic rings. The van der Waals surface area contributed by atoms with Crippen molar-refractivity contribution >= 4 is 17.5 Å². The highest BCUT2D eigenvalue weighted by Crippen LogP contribution is 2.26. The van der Waals surface area contributed by atoms with Crippen LogP contribution in [0, 0.1) is 0 Å². The summed E-state index contributed by atoms with van der Waals surface area (Å²) in [5.74, 6) is 0.698. The number of rotatable bonds is 6. The van der Waals surface area contributed by atoms with Crippen molar-refractivity contribution in [2.45, 2.75) is 51.7 Å². The average Bonchev–Trinajstić information content (AvgIpc) is 2.65. The number of benzene rings is 2. The highest BCUT2D eigenvalue weighted by Gasteiger charge is 2.19. The van der Waals surface area contributed by atoms with Gasteiger partial charge in [-0.2, -0.15) is 0 Å². The van der Waals surface area contributed by atoms with Crippen LogP contribution >= 0.6 is 11.6 Å². The Morgan fingerprint density at radius 2 is 1.84 bits per heavy atom. The van der Waals surface area contributed by atoms with Gasteiger partial charge >= 0.3 is 0 Å². The van der Waals surface area contributed by atoms with Crippen LogP contribution in [0.2, 0.25) is 5.02 Å². The predicted molar refractivity (Wildman–Crippen MR) is 101 cm³/mol. The number of carbonyl (C=O) groups is 1. The quantitative estimate of drug-likeness (QED) is 0.814. The molecule has 0 spiro atoms. The number of nitrogens with one attached hydrogen (secondary N) is 1. The van der Waals surface area contributed by atoms with Crippen molar-refractivity contribution in [1.29, 1.82) is 0 Å². The molecule has 1 atom stereocenters. The average molecular weight is 358 g/mol. The molecule has 2 aromatic carbocycles. The van der Waals surface area contributed by atoms with E-state index in [1.807, 2.05) is 37.3 Å². The van der Waals surface area contributed by atoms with Crippen molar-refractivity contribution in [3.05, 3.63) is 64.2 Å². The van der Waals surface area contributed by atoms with Gasteiger partial charge in [0.25, 0.3) is 5.91 Å². The molecule has 1 amide bonds. The van der Waals surface area contributed by atoms with Gasteiger partial charge in [0.1, 0.15) is 5.75 Å². The number of fused-ring (bicyclic) bond motifs is 1. The molecule has 3 nitrogen and oxygen atoms in total. The third kappa shape index (κ3) is 4.76. The first kappa shape index (κ1) is 17.8. The highest BCUT2D eigenvalue weighted by atomic mass is 35.5. The first-order chi connectivity index (χ1) is 12.2. The van der Waals surface area contributed by atoms with E-state index in [-0.39, 0.29) is 5.91 Å². The third-order valence-electron chi connectivity index (χ3n) is 4.64. The summed E-state index contributed by atoms with van der Waals surface area (Å²) >= 11 is 5.88. The standard InChI is InChI=1S/C21H24ClNO2/c1-2-20(21(24)23-14-15-7-10-18(22)11-8-15)25-19-12-9-16-5-3-4-6-17(16)13-19/h7-13,20H,2-6,14H2,1H3,(H,23,24)/t20-/m0/s1. The zero-order valence-electron chi connectivity index (χ0n) is 14.6. The Bertz CT molecular complexity index is 727. The van der Waals surface area contributed by atoms with Gasteiger partial charge in [-0.05, 0) is 73.1 Å². The molecule has 0 unspecified atom stereocenters. The van der Waals surface area contributed by atoms with E-state index in [0.29, 0.717) is 18.0 Å². The summed E-state index contributed by atoms with van der Waals surface area (Å²) in [7, 11) is 0. The normalized spacial score (nSPS) is 14.5. The van der Waals surface area contributed by atoms with Crippen LogP contribution in [0.4, 0.5) is 0 Å². The van der Waals surface area contributed by atoms with Crippen LogP contribution in [0.3, 0.4) is 0 Å². The fraction of sp³-hybridized carbons (Fsp3) is 0.381. The Morgan fingerprint density at radius 3 is 2.56 bits per heavy atom. The molecule has 2 aromatic rings. The Kier molecular flexibility index (Phi) is 5.98. The van der Waals surface area contributed by atoms with E-state index >= 15 is 0 Å². The predicted octanol–water partition coefficient (Wildman–Crippen LogP) is 4.69. The van der Waals surface area contributed by atoms with Gasteiger partial charge in [-0.3, -0.25) is 4.79 Å². The van der Waals surface area contributed by atoms with E-state index in [2.05, 4.69) is 17.4 Å². The maximum Gasteiger partial charge on any atom is 0.261 e. The van der Waals surface area contributed by atoms with Crippen LogP contribution in [0.5, 0.6) is 5.75 Å². The van der Waals surface area contributed by atoms with E-state index in [1.165, 1.54) is 24.0 Å². The van der Waals surface area contributed by atoms with Crippen LogP contribution in [0.1, 0.15) is 42.9 Å². The van der Waals surface area contributed by atoms with Gasteiger partial charge in [0.05, 0.1) is 0 Å². The number of amides is 1. The maximum absolute atomic E-state index is 12.4. The minimum atomic E-state index is -0.478. The maximum atomic E-state index is 12.4. The molecular weight excluding hydrogens is 334 g/mol. The van der Waals surface area contributed by atoms with Crippen LogP contribution < -0.4 is 10.1 Å². The molecule has 0 bridgehead atoms. The largest absolute Gasteiger partial charge is 0.481 e. The summed E-state index contributed by atoms with van der Waals surface area (Å²) in [6, 6.07) is 13.7. The van der Waals surface area contributed by atoms with Crippen molar-refractivity contribution in [1.82, 2.24) is 5.32 Å². The number of aryl methyl sites for hydroxylation is 2. The highest BCUT2D eigenvalue weighted by molar-refractivity contribution is 6.30.